The van der Waals surface area contributed by atoms with Gasteiger partial charge in [0.15, 0.2) is 0 Å². The molecule has 4 rings (SSSR count). The molecule has 0 aromatic carbocycles. The lowest BCUT2D eigenvalue weighted by molar-refractivity contribution is -0.162. The number of carbonyl (C=O) groups is 1. The van der Waals surface area contributed by atoms with Crippen molar-refractivity contribution in [2.45, 2.75) is 71.3 Å². The van der Waals surface area contributed by atoms with Crippen LogP contribution in [0.5, 0.6) is 0 Å². The predicted octanol–water partition coefficient (Wildman–Crippen LogP) is 3.93. The first-order chi connectivity index (χ1) is 8.34. The molecule has 4 aliphatic rings. The molecule has 0 aliphatic heterocycles. The topological polar surface area (TPSA) is 26.3 Å². The van der Waals surface area contributed by atoms with Crippen molar-refractivity contribution in [2.75, 3.05) is 0 Å². The molecular weight excluding hydrogens is 224 g/mol. The maximum Gasteiger partial charge on any atom is 0.306 e. The molecule has 4 aliphatic carbocycles. The third-order valence-corrected chi connectivity index (χ3v) is 5.10. The quantitative estimate of drug-likeness (QED) is 0.694. The van der Waals surface area contributed by atoms with Crippen LogP contribution >= 0.6 is 0 Å². The lowest BCUT2D eigenvalue weighted by Gasteiger charge is -2.56. The molecule has 4 saturated carbocycles. The highest BCUT2D eigenvalue weighted by Gasteiger charge is 2.51. The van der Waals surface area contributed by atoms with Gasteiger partial charge in [-0.25, -0.2) is 0 Å². The van der Waals surface area contributed by atoms with E-state index in [1.165, 1.54) is 38.5 Å². The van der Waals surface area contributed by atoms with E-state index in [0.717, 1.165) is 17.8 Å². The third-order valence-electron chi connectivity index (χ3n) is 5.10. The second kappa shape index (κ2) is 3.98. The number of hydrogen-bond donors (Lipinski definition) is 0. The van der Waals surface area contributed by atoms with Crippen LogP contribution in [-0.2, 0) is 9.53 Å². The van der Waals surface area contributed by atoms with Crippen LogP contribution in [0.25, 0.3) is 0 Å². The fourth-order valence-electron chi connectivity index (χ4n) is 5.19. The standard InChI is InChI=1S/C16H26O2/c1-15(2,3)18-14(17)10-16-7-11-4-12(8-16)6-13(5-11)9-16/h11-13H,4-10H2,1-3H3. The highest BCUT2D eigenvalue weighted by Crippen LogP contribution is 2.61. The van der Waals surface area contributed by atoms with Crippen molar-refractivity contribution >= 4 is 5.97 Å². The van der Waals surface area contributed by atoms with E-state index in [9.17, 15) is 4.79 Å². The average Bonchev–Trinajstić information content (AvgIpc) is 2.09. The Morgan fingerprint density at radius 1 is 1.06 bits per heavy atom. The maximum atomic E-state index is 12.1. The lowest BCUT2D eigenvalue weighted by atomic mass is 9.49. The molecule has 0 N–H and O–H groups in total. The SMILES string of the molecule is CC(C)(C)OC(=O)CC12CC3CC(CC(C3)C1)C2. The van der Waals surface area contributed by atoms with Gasteiger partial charge in [-0.1, -0.05) is 0 Å². The zero-order valence-electron chi connectivity index (χ0n) is 12.0. The smallest absolute Gasteiger partial charge is 0.306 e. The van der Waals surface area contributed by atoms with Crippen molar-refractivity contribution in [1.82, 2.24) is 0 Å². The van der Waals surface area contributed by atoms with Crippen molar-refractivity contribution in [1.29, 1.82) is 0 Å². The number of ether oxygens (including phenoxy) is 1. The largest absolute Gasteiger partial charge is 0.460 e. The van der Waals surface area contributed by atoms with Gasteiger partial charge in [0, 0.05) is 0 Å². The first-order valence-corrected chi connectivity index (χ1v) is 7.55. The summed E-state index contributed by atoms with van der Waals surface area (Å²) >= 11 is 0. The molecule has 0 heterocycles. The molecule has 0 aromatic heterocycles. The Labute approximate surface area is 110 Å². The summed E-state index contributed by atoms with van der Waals surface area (Å²) in [6.45, 7) is 5.89. The van der Waals surface area contributed by atoms with Gasteiger partial charge in [0.2, 0.25) is 0 Å². The first kappa shape index (κ1) is 12.5. The molecule has 0 spiro atoms. The van der Waals surface area contributed by atoms with Crippen LogP contribution < -0.4 is 0 Å². The number of esters is 1. The third kappa shape index (κ3) is 2.44. The molecule has 4 fully saturated rings. The summed E-state index contributed by atoms with van der Waals surface area (Å²) in [6.07, 6.45) is 8.86. The molecule has 2 heteroatoms. The second-order valence-electron chi connectivity index (χ2n) is 8.18. The van der Waals surface area contributed by atoms with Gasteiger partial charge in [-0.3, -0.25) is 4.79 Å². The van der Waals surface area contributed by atoms with E-state index in [0.29, 0.717) is 11.8 Å². The molecule has 0 unspecified atom stereocenters. The number of hydrogen-bond acceptors (Lipinski definition) is 2. The van der Waals surface area contributed by atoms with Crippen molar-refractivity contribution in [3.63, 3.8) is 0 Å². The van der Waals surface area contributed by atoms with Gasteiger partial charge in [-0.2, -0.15) is 0 Å². The molecule has 18 heavy (non-hydrogen) atoms. The minimum atomic E-state index is -0.334. The van der Waals surface area contributed by atoms with Gasteiger partial charge in [0.25, 0.3) is 0 Å². The fourth-order valence-corrected chi connectivity index (χ4v) is 5.19. The Morgan fingerprint density at radius 2 is 1.50 bits per heavy atom. The Hall–Kier alpha value is -0.530. The number of carbonyl (C=O) groups excluding carboxylic acids is 1. The number of rotatable bonds is 2. The highest BCUT2D eigenvalue weighted by molar-refractivity contribution is 5.70. The van der Waals surface area contributed by atoms with Crippen molar-refractivity contribution in [3.8, 4) is 0 Å². The zero-order chi connectivity index (χ0) is 13.0. The van der Waals surface area contributed by atoms with Crippen LogP contribution in [0.3, 0.4) is 0 Å². The Kier molecular flexibility index (Phi) is 2.76. The normalized spacial score (nSPS) is 42.1. The monoisotopic (exact) mass is 250 g/mol. The van der Waals surface area contributed by atoms with E-state index < -0.39 is 0 Å². The van der Waals surface area contributed by atoms with E-state index in [1.54, 1.807) is 0 Å². The van der Waals surface area contributed by atoms with Gasteiger partial charge < -0.3 is 4.74 Å². The molecular formula is C16H26O2. The van der Waals surface area contributed by atoms with Crippen LogP contribution in [0.4, 0.5) is 0 Å². The Morgan fingerprint density at radius 3 is 1.89 bits per heavy atom. The average molecular weight is 250 g/mol. The molecule has 0 atom stereocenters. The molecule has 0 radical (unpaired) electrons. The van der Waals surface area contributed by atoms with Crippen molar-refractivity contribution in [2.24, 2.45) is 23.2 Å². The Balaban J connectivity index is 1.67. The summed E-state index contributed by atoms with van der Waals surface area (Å²) in [5, 5.41) is 0. The van der Waals surface area contributed by atoms with Gasteiger partial charge in [-0.15, -0.1) is 0 Å². The summed E-state index contributed by atoms with van der Waals surface area (Å²) in [5.74, 6) is 2.78. The van der Waals surface area contributed by atoms with Gasteiger partial charge >= 0.3 is 5.97 Å². The van der Waals surface area contributed by atoms with Crippen LogP contribution in [0.1, 0.15) is 65.7 Å². The summed E-state index contributed by atoms with van der Waals surface area (Å²) in [6, 6.07) is 0. The minimum absolute atomic E-state index is 0.0319. The lowest BCUT2D eigenvalue weighted by Crippen LogP contribution is -2.47. The zero-order valence-corrected chi connectivity index (χ0v) is 12.0. The highest BCUT2D eigenvalue weighted by atomic mass is 16.6. The molecule has 0 aromatic rings. The van der Waals surface area contributed by atoms with Crippen molar-refractivity contribution in [3.05, 3.63) is 0 Å². The fraction of sp³-hybridized carbons (Fsp3) is 0.938. The molecule has 2 nitrogen and oxygen atoms in total. The van der Waals surface area contributed by atoms with E-state index in [-0.39, 0.29) is 11.6 Å². The van der Waals surface area contributed by atoms with Crippen LogP contribution in [0, 0.1) is 23.2 Å². The van der Waals surface area contributed by atoms with E-state index >= 15 is 0 Å². The van der Waals surface area contributed by atoms with Crippen LogP contribution in [0.15, 0.2) is 0 Å². The summed E-state index contributed by atoms with van der Waals surface area (Å²) in [5.41, 5.74) is -0.0174. The summed E-state index contributed by atoms with van der Waals surface area (Å²) in [7, 11) is 0. The molecule has 0 amide bonds. The predicted molar refractivity (Wildman–Crippen MR) is 71.1 cm³/mol. The van der Waals surface area contributed by atoms with E-state index in [2.05, 4.69) is 0 Å². The molecule has 0 saturated heterocycles. The van der Waals surface area contributed by atoms with Gasteiger partial charge in [0.05, 0.1) is 6.42 Å². The Bertz CT molecular complexity index is 315. The molecule has 4 bridgehead atoms. The van der Waals surface area contributed by atoms with Gasteiger partial charge in [-0.05, 0) is 82.5 Å². The van der Waals surface area contributed by atoms with Crippen LogP contribution in [0.2, 0.25) is 0 Å². The molecule has 102 valence electrons. The summed E-state index contributed by atoms with van der Waals surface area (Å²) < 4.78 is 5.54. The van der Waals surface area contributed by atoms with Gasteiger partial charge in [0.1, 0.15) is 5.60 Å². The van der Waals surface area contributed by atoms with Crippen LogP contribution in [-0.4, -0.2) is 11.6 Å². The first-order valence-electron chi connectivity index (χ1n) is 7.55. The minimum Gasteiger partial charge on any atom is -0.460 e. The second-order valence-corrected chi connectivity index (χ2v) is 8.18. The maximum absolute atomic E-state index is 12.1. The summed E-state index contributed by atoms with van der Waals surface area (Å²) in [4.78, 5) is 12.1. The van der Waals surface area contributed by atoms with E-state index in [1.807, 2.05) is 20.8 Å². The van der Waals surface area contributed by atoms with Crippen molar-refractivity contribution < 1.29 is 9.53 Å². The van der Waals surface area contributed by atoms with E-state index in [4.69, 9.17) is 4.74 Å².